The van der Waals surface area contributed by atoms with Crippen molar-refractivity contribution in [2.45, 2.75) is 5.03 Å². The van der Waals surface area contributed by atoms with E-state index >= 15 is 0 Å². The number of alkyl halides is 1. The maximum Gasteiger partial charge on any atom is 0.116 e. The van der Waals surface area contributed by atoms with Crippen LogP contribution < -0.4 is 0 Å². The molecule has 1 aromatic heterocycles. The summed E-state index contributed by atoms with van der Waals surface area (Å²) in [5.74, 6) is 1.51. The van der Waals surface area contributed by atoms with Crippen LogP contribution in [0.15, 0.2) is 22.0 Å². The van der Waals surface area contributed by atoms with Crippen molar-refractivity contribution >= 4 is 39.3 Å². The van der Waals surface area contributed by atoms with Gasteiger partial charge in [-0.05, 0) is 15.9 Å². The number of hydrogen-bond acceptors (Lipinski definition) is 3. The molecule has 0 amide bonds. The zero-order chi connectivity index (χ0) is 8.10. The van der Waals surface area contributed by atoms with Gasteiger partial charge in [-0.15, -0.1) is 23.4 Å². The Morgan fingerprint density at radius 2 is 2.45 bits per heavy atom. The fourth-order valence-electron chi connectivity index (χ4n) is 0.543. The summed E-state index contributed by atoms with van der Waals surface area (Å²) in [7, 11) is 0. The Balaban J connectivity index is 2.62. The summed E-state index contributed by atoms with van der Waals surface area (Å²) in [6.45, 7) is 0. The van der Waals surface area contributed by atoms with E-state index in [0.29, 0.717) is 5.88 Å². The fourth-order valence-corrected chi connectivity index (χ4v) is 1.92. The van der Waals surface area contributed by atoms with E-state index in [2.05, 4.69) is 25.9 Å². The lowest BCUT2D eigenvalue weighted by atomic mass is 10.7. The average molecular weight is 254 g/mol. The topological polar surface area (TPSA) is 25.8 Å². The highest BCUT2D eigenvalue weighted by atomic mass is 79.9. The third kappa shape index (κ3) is 2.97. The van der Waals surface area contributed by atoms with Gasteiger partial charge in [-0.2, -0.15) is 0 Å². The second kappa shape index (κ2) is 4.95. The molecule has 2 nitrogen and oxygen atoms in total. The van der Waals surface area contributed by atoms with Gasteiger partial charge in [-0.25, -0.2) is 9.97 Å². The van der Waals surface area contributed by atoms with E-state index in [1.807, 2.05) is 0 Å². The highest BCUT2D eigenvalue weighted by Gasteiger charge is 1.99. The number of halogens is 2. The number of rotatable bonds is 3. The van der Waals surface area contributed by atoms with Gasteiger partial charge < -0.3 is 0 Å². The Hall–Kier alpha value is 0.200. The molecule has 1 aromatic rings. The molecule has 0 spiro atoms. The predicted molar refractivity (Wildman–Crippen MR) is 51.2 cm³/mol. The van der Waals surface area contributed by atoms with E-state index < -0.39 is 0 Å². The van der Waals surface area contributed by atoms with E-state index in [0.717, 1.165) is 15.3 Å². The lowest BCUT2D eigenvalue weighted by molar-refractivity contribution is 1.03. The maximum absolute atomic E-state index is 5.52. The van der Waals surface area contributed by atoms with Crippen molar-refractivity contribution in [3.05, 3.63) is 17.0 Å². The first-order valence-electron chi connectivity index (χ1n) is 2.99. The molecule has 0 aromatic carbocycles. The molecule has 5 heteroatoms. The molecule has 0 bridgehead atoms. The van der Waals surface area contributed by atoms with Crippen LogP contribution in [-0.2, 0) is 0 Å². The first-order valence-corrected chi connectivity index (χ1v) is 5.30. The smallest absolute Gasteiger partial charge is 0.116 e. The summed E-state index contributed by atoms with van der Waals surface area (Å²) in [5, 5.41) is 0.945. The zero-order valence-electron chi connectivity index (χ0n) is 5.63. The third-order valence-electron chi connectivity index (χ3n) is 0.950. The molecule has 0 aliphatic rings. The van der Waals surface area contributed by atoms with Crippen LogP contribution in [0.4, 0.5) is 0 Å². The summed E-state index contributed by atoms with van der Waals surface area (Å²) < 4.78 is 0.926. The van der Waals surface area contributed by atoms with Crippen LogP contribution in [-0.4, -0.2) is 21.6 Å². The summed E-state index contributed by atoms with van der Waals surface area (Å²) in [5.41, 5.74) is 0. The second-order valence-electron chi connectivity index (χ2n) is 1.71. The quantitative estimate of drug-likeness (QED) is 0.470. The largest absolute Gasteiger partial charge is 0.244 e. The molecule has 1 rings (SSSR count). The van der Waals surface area contributed by atoms with Gasteiger partial charge in [0.2, 0.25) is 0 Å². The molecule has 1 heterocycles. The minimum absolute atomic E-state index is 0.640. The summed E-state index contributed by atoms with van der Waals surface area (Å²) in [6.07, 6.45) is 3.25. The van der Waals surface area contributed by atoms with E-state index in [1.165, 1.54) is 6.33 Å². The highest BCUT2D eigenvalue weighted by Crippen LogP contribution is 2.23. The molecule has 0 saturated carbocycles. The van der Waals surface area contributed by atoms with Crippen LogP contribution in [0.2, 0.25) is 0 Å². The zero-order valence-corrected chi connectivity index (χ0v) is 8.79. The van der Waals surface area contributed by atoms with Crippen LogP contribution in [0, 0.1) is 0 Å². The van der Waals surface area contributed by atoms with E-state index in [9.17, 15) is 0 Å². The molecule has 0 fully saturated rings. The van der Waals surface area contributed by atoms with Gasteiger partial charge in [0.25, 0.3) is 0 Å². The number of aromatic nitrogens is 2. The van der Waals surface area contributed by atoms with Crippen LogP contribution in [0.3, 0.4) is 0 Å². The summed E-state index contributed by atoms with van der Waals surface area (Å²) in [6, 6.07) is 0. The second-order valence-corrected chi connectivity index (χ2v) is 4.03. The first-order chi connectivity index (χ1) is 5.34. The number of thioether (sulfide) groups is 1. The SMILES string of the molecule is ClCCSc1ncncc1Br. The van der Waals surface area contributed by atoms with Crippen LogP contribution >= 0.6 is 39.3 Å². The van der Waals surface area contributed by atoms with Gasteiger partial charge in [-0.3, -0.25) is 0 Å². The van der Waals surface area contributed by atoms with Gasteiger partial charge in [0.15, 0.2) is 0 Å². The Morgan fingerprint density at radius 1 is 1.64 bits per heavy atom. The Kier molecular flexibility index (Phi) is 4.18. The maximum atomic E-state index is 5.52. The van der Waals surface area contributed by atoms with Crippen molar-refractivity contribution in [2.24, 2.45) is 0 Å². The van der Waals surface area contributed by atoms with Gasteiger partial charge >= 0.3 is 0 Å². The molecule has 0 aliphatic heterocycles. The van der Waals surface area contributed by atoms with Gasteiger partial charge in [0.1, 0.15) is 11.4 Å². The number of hydrogen-bond donors (Lipinski definition) is 0. The monoisotopic (exact) mass is 252 g/mol. The van der Waals surface area contributed by atoms with E-state index in [1.54, 1.807) is 18.0 Å². The molecule has 0 atom stereocenters. The normalized spacial score (nSPS) is 10.0. The van der Waals surface area contributed by atoms with Crippen molar-refractivity contribution in [3.63, 3.8) is 0 Å². The van der Waals surface area contributed by atoms with Crippen LogP contribution in [0.5, 0.6) is 0 Å². The third-order valence-corrected chi connectivity index (χ3v) is 3.21. The van der Waals surface area contributed by atoms with Gasteiger partial charge in [0.05, 0.1) is 4.47 Å². The van der Waals surface area contributed by atoms with Crippen molar-refractivity contribution in [1.82, 2.24) is 9.97 Å². The van der Waals surface area contributed by atoms with Crippen LogP contribution in [0.25, 0.3) is 0 Å². The molecule has 0 radical (unpaired) electrons. The molecular formula is C6H6BrClN2S. The van der Waals surface area contributed by atoms with E-state index in [-0.39, 0.29) is 0 Å². The Morgan fingerprint density at radius 3 is 3.09 bits per heavy atom. The average Bonchev–Trinajstić information content (AvgIpc) is 2.03. The lowest BCUT2D eigenvalue weighted by Gasteiger charge is -1.98. The Bertz CT molecular complexity index is 234. The lowest BCUT2D eigenvalue weighted by Crippen LogP contribution is -1.86. The number of nitrogens with zero attached hydrogens (tertiary/aromatic N) is 2. The molecule has 11 heavy (non-hydrogen) atoms. The highest BCUT2D eigenvalue weighted by molar-refractivity contribution is 9.10. The van der Waals surface area contributed by atoms with Crippen LogP contribution in [0.1, 0.15) is 0 Å². The molecule has 0 aliphatic carbocycles. The minimum atomic E-state index is 0.640. The Labute approximate surface area is 82.9 Å². The van der Waals surface area contributed by atoms with E-state index in [4.69, 9.17) is 11.6 Å². The predicted octanol–water partition coefficient (Wildman–Crippen LogP) is 2.57. The molecular weight excluding hydrogens is 248 g/mol. The molecule has 0 N–H and O–H groups in total. The minimum Gasteiger partial charge on any atom is -0.244 e. The van der Waals surface area contributed by atoms with Crippen molar-refractivity contribution in [2.75, 3.05) is 11.6 Å². The fraction of sp³-hybridized carbons (Fsp3) is 0.333. The van der Waals surface area contributed by atoms with Crippen molar-refractivity contribution in [3.8, 4) is 0 Å². The van der Waals surface area contributed by atoms with Crippen molar-refractivity contribution < 1.29 is 0 Å². The summed E-state index contributed by atoms with van der Waals surface area (Å²) in [4.78, 5) is 7.91. The van der Waals surface area contributed by atoms with Crippen molar-refractivity contribution in [1.29, 1.82) is 0 Å². The molecule has 0 saturated heterocycles. The van der Waals surface area contributed by atoms with Gasteiger partial charge in [0, 0.05) is 17.8 Å². The summed E-state index contributed by atoms with van der Waals surface area (Å²) >= 11 is 10.5. The van der Waals surface area contributed by atoms with Gasteiger partial charge in [-0.1, -0.05) is 0 Å². The molecule has 0 unspecified atom stereocenters. The first kappa shape index (κ1) is 9.29. The standard InChI is InChI=1S/C6H6BrClN2S/c7-5-3-9-4-10-6(5)11-2-1-8/h3-4H,1-2H2. The molecule has 60 valence electrons.